The SMILES string of the molecule is C=CCNC(=O)COC(=O)C=Cc1ccc2c(c1)OCO2. The zero-order chi connectivity index (χ0) is 15.1. The number of carbonyl (C=O) groups excluding carboxylic acids is 2. The molecule has 1 aromatic rings. The third-order valence-corrected chi connectivity index (χ3v) is 2.60. The highest BCUT2D eigenvalue weighted by atomic mass is 16.7. The number of amides is 1. The minimum Gasteiger partial charge on any atom is -0.454 e. The summed E-state index contributed by atoms with van der Waals surface area (Å²) in [6.07, 6.45) is 4.36. The van der Waals surface area contributed by atoms with Gasteiger partial charge in [-0.3, -0.25) is 4.79 Å². The van der Waals surface area contributed by atoms with Crippen LogP contribution in [0.3, 0.4) is 0 Å². The third-order valence-electron chi connectivity index (χ3n) is 2.60. The minimum atomic E-state index is -0.596. The third kappa shape index (κ3) is 4.38. The molecule has 0 saturated heterocycles. The zero-order valence-electron chi connectivity index (χ0n) is 11.3. The molecular formula is C15H15NO5. The van der Waals surface area contributed by atoms with Crippen LogP contribution in [0.25, 0.3) is 6.08 Å². The van der Waals surface area contributed by atoms with Crippen molar-refractivity contribution >= 4 is 18.0 Å². The Bertz CT molecular complexity index is 579. The van der Waals surface area contributed by atoms with Crippen molar-refractivity contribution in [3.8, 4) is 11.5 Å². The van der Waals surface area contributed by atoms with Crippen LogP contribution in [0.5, 0.6) is 11.5 Å². The monoisotopic (exact) mass is 289 g/mol. The maximum atomic E-state index is 11.5. The average molecular weight is 289 g/mol. The second-order valence-electron chi connectivity index (χ2n) is 4.15. The van der Waals surface area contributed by atoms with Gasteiger partial charge in [0.25, 0.3) is 5.91 Å². The summed E-state index contributed by atoms with van der Waals surface area (Å²) in [6.45, 7) is 3.68. The molecule has 0 atom stereocenters. The van der Waals surface area contributed by atoms with Gasteiger partial charge in [0.15, 0.2) is 18.1 Å². The van der Waals surface area contributed by atoms with E-state index in [9.17, 15) is 9.59 Å². The number of hydrogen-bond acceptors (Lipinski definition) is 5. The topological polar surface area (TPSA) is 73.9 Å². The summed E-state index contributed by atoms with van der Waals surface area (Å²) in [6, 6.07) is 5.30. The molecule has 6 nitrogen and oxygen atoms in total. The largest absolute Gasteiger partial charge is 0.454 e. The summed E-state index contributed by atoms with van der Waals surface area (Å²) in [4.78, 5) is 22.7. The van der Waals surface area contributed by atoms with E-state index in [2.05, 4.69) is 11.9 Å². The molecule has 1 N–H and O–H groups in total. The predicted molar refractivity (Wildman–Crippen MR) is 75.8 cm³/mol. The highest BCUT2D eigenvalue weighted by Crippen LogP contribution is 2.32. The number of carbonyl (C=O) groups is 2. The van der Waals surface area contributed by atoms with Crippen LogP contribution >= 0.6 is 0 Å². The first-order chi connectivity index (χ1) is 10.2. The number of esters is 1. The maximum absolute atomic E-state index is 11.5. The van der Waals surface area contributed by atoms with E-state index in [0.29, 0.717) is 18.0 Å². The van der Waals surface area contributed by atoms with Crippen LogP contribution in [0, 0.1) is 0 Å². The Morgan fingerprint density at radius 2 is 2.14 bits per heavy atom. The lowest BCUT2D eigenvalue weighted by atomic mass is 10.2. The normalized spacial score (nSPS) is 12.2. The van der Waals surface area contributed by atoms with Crippen molar-refractivity contribution in [3.63, 3.8) is 0 Å². The van der Waals surface area contributed by atoms with E-state index >= 15 is 0 Å². The Morgan fingerprint density at radius 1 is 1.33 bits per heavy atom. The molecule has 0 bridgehead atoms. The van der Waals surface area contributed by atoms with Gasteiger partial charge >= 0.3 is 5.97 Å². The van der Waals surface area contributed by atoms with E-state index in [1.165, 1.54) is 6.08 Å². The number of ether oxygens (including phenoxy) is 3. The highest BCUT2D eigenvalue weighted by Gasteiger charge is 2.12. The Hall–Kier alpha value is -2.76. The van der Waals surface area contributed by atoms with Crippen molar-refractivity contribution in [3.05, 3.63) is 42.5 Å². The van der Waals surface area contributed by atoms with Gasteiger partial charge in [0.05, 0.1) is 0 Å². The number of benzene rings is 1. The number of nitrogens with one attached hydrogen (secondary N) is 1. The lowest BCUT2D eigenvalue weighted by molar-refractivity contribution is -0.143. The molecule has 1 aliphatic rings. The molecule has 1 amide bonds. The van der Waals surface area contributed by atoms with E-state index in [4.69, 9.17) is 14.2 Å². The van der Waals surface area contributed by atoms with Crippen molar-refractivity contribution < 1.29 is 23.8 Å². The van der Waals surface area contributed by atoms with Crippen LogP contribution in [0.1, 0.15) is 5.56 Å². The summed E-state index contributed by atoms with van der Waals surface area (Å²) in [5.41, 5.74) is 0.771. The Labute approximate surface area is 122 Å². The molecule has 0 spiro atoms. The fourth-order valence-electron chi connectivity index (χ4n) is 1.60. The second-order valence-corrected chi connectivity index (χ2v) is 4.15. The van der Waals surface area contributed by atoms with Crippen molar-refractivity contribution in [2.45, 2.75) is 0 Å². The highest BCUT2D eigenvalue weighted by molar-refractivity contribution is 5.89. The quantitative estimate of drug-likeness (QED) is 0.485. The van der Waals surface area contributed by atoms with Gasteiger partial charge in [-0.2, -0.15) is 0 Å². The Morgan fingerprint density at radius 3 is 2.95 bits per heavy atom. The molecular weight excluding hydrogens is 274 g/mol. The summed E-state index contributed by atoms with van der Waals surface area (Å²) in [5.74, 6) is 0.337. The average Bonchev–Trinajstić information content (AvgIpc) is 2.96. The van der Waals surface area contributed by atoms with Gasteiger partial charge in [0.2, 0.25) is 6.79 Å². The van der Waals surface area contributed by atoms with Gasteiger partial charge < -0.3 is 19.5 Å². The van der Waals surface area contributed by atoms with E-state index in [1.807, 2.05) is 0 Å². The molecule has 2 rings (SSSR count). The Balaban J connectivity index is 1.82. The van der Waals surface area contributed by atoms with Gasteiger partial charge in [-0.25, -0.2) is 4.79 Å². The smallest absolute Gasteiger partial charge is 0.331 e. The van der Waals surface area contributed by atoms with Crippen molar-refractivity contribution in [2.24, 2.45) is 0 Å². The van der Waals surface area contributed by atoms with Crippen molar-refractivity contribution in [1.82, 2.24) is 5.32 Å². The minimum absolute atomic E-state index is 0.199. The number of fused-ring (bicyclic) bond motifs is 1. The molecule has 21 heavy (non-hydrogen) atoms. The van der Waals surface area contributed by atoms with Crippen molar-refractivity contribution in [2.75, 3.05) is 19.9 Å². The molecule has 0 fully saturated rings. The van der Waals surface area contributed by atoms with E-state index in [1.54, 1.807) is 30.4 Å². The zero-order valence-corrected chi connectivity index (χ0v) is 11.3. The molecule has 6 heteroatoms. The predicted octanol–water partition coefficient (Wildman–Crippen LogP) is 1.27. The van der Waals surface area contributed by atoms with E-state index < -0.39 is 5.97 Å². The molecule has 0 unspecified atom stereocenters. The lowest BCUT2D eigenvalue weighted by Crippen LogP contribution is -2.28. The number of hydrogen-bond donors (Lipinski definition) is 1. The van der Waals surface area contributed by atoms with Gasteiger partial charge in [-0.1, -0.05) is 12.1 Å². The van der Waals surface area contributed by atoms with Gasteiger partial charge in [0.1, 0.15) is 0 Å². The summed E-state index contributed by atoms with van der Waals surface area (Å²) >= 11 is 0. The Kier molecular flexibility index (Phi) is 4.98. The first-order valence-electron chi connectivity index (χ1n) is 6.31. The van der Waals surface area contributed by atoms with Crippen LogP contribution in [0.4, 0.5) is 0 Å². The maximum Gasteiger partial charge on any atom is 0.331 e. The fourth-order valence-corrected chi connectivity index (χ4v) is 1.60. The fraction of sp³-hybridized carbons (Fsp3) is 0.200. The van der Waals surface area contributed by atoms with Gasteiger partial charge in [0, 0.05) is 12.6 Å². The molecule has 110 valence electrons. The molecule has 0 radical (unpaired) electrons. The first kappa shape index (κ1) is 14.6. The lowest BCUT2D eigenvalue weighted by Gasteiger charge is -2.02. The van der Waals surface area contributed by atoms with E-state index in [0.717, 1.165) is 5.56 Å². The molecule has 1 aliphatic heterocycles. The first-order valence-corrected chi connectivity index (χ1v) is 6.31. The van der Waals surface area contributed by atoms with Gasteiger partial charge in [-0.05, 0) is 23.8 Å². The summed E-state index contributed by atoms with van der Waals surface area (Å²) < 4.78 is 15.2. The van der Waals surface area contributed by atoms with Crippen LogP contribution < -0.4 is 14.8 Å². The van der Waals surface area contributed by atoms with Crippen LogP contribution in [0.15, 0.2) is 36.9 Å². The molecule has 0 saturated carbocycles. The summed E-state index contributed by atoms with van der Waals surface area (Å²) in [5, 5.41) is 2.50. The molecule has 0 aromatic heterocycles. The number of rotatable bonds is 6. The molecule has 1 heterocycles. The van der Waals surface area contributed by atoms with Crippen LogP contribution in [-0.4, -0.2) is 31.8 Å². The van der Waals surface area contributed by atoms with Crippen molar-refractivity contribution in [1.29, 1.82) is 0 Å². The van der Waals surface area contributed by atoms with Crippen LogP contribution in [0.2, 0.25) is 0 Å². The molecule has 1 aromatic carbocycles. The second kappa shape index (κ2) is 7.14. The van der Waals surface area contributed by atoms with Crippen LogP contribution in [-0.2, 0) is 14.3 Å². The molecule has 0 aliphatic carbocycles. The summed E-state index contributed by atoms with van der Waals surface area (Å²) in [7, 11) is 0. The standard InChI is InChI=1S/C15H15NO5/c1-2-7-16-14(17)9-19-15(18)6-4-11-3-5-12-13(8-11)21-10-20-12/h2-6,8H,1,7,9-10H2,(H,16,17). The van der Waals surface area contributed by atoms with Gasteiger partial charge in [-0.15, -0.1) is 6.58 Å². The van der Waals surface area contributed by atoms with E-state index in [-0.39, 0.29) is 19.3 Å².